The van der Waals surface area contributed by atoms with E-state index in [0.717, 1.165) is 31.5 Å². The van der Waals surface area contributed by atoms with Gasteiger partial charge in [-0.15, -0.1) is 12.4 Å². The Bertz CT molecular complexity index is 485. The third kappa shape index (κ3) is 5.46. The van der Waals surface area contributed by atoms with Gasteiger partial charge in [0.2, 0.25) is 0 Å². The second-order valence-electron chi connectivity index (χ2n) is 5.96. The van der Waals surface area contributed by atoms with E-state index < -0.39 is 0 Å². The fourth-order valence-corrected chi connectivity index (χ4v) is 3.02. The van der Waals surface area contributed by atoms with E-state index in [0.29, 0.717) is 25.3 Å². The van der Waals surface area contributed by atoms with E-state index in [1.165, 1.54) is 0 Å². The molecule has 0 aliphatic carbocycles. The molecule has 1 fully saturated rings. The molecule has 0 aromatic heterocycles. The molecule has 2 rings (SSSR count). The SMILES string of the molecule is COCc1ccccc1C(=O)NCC1(COC)CCNCC1.Cl. The molecular formula is C17H27ClN2O3. The topological polar surface area (TPSA) is 59.6 Å². The van der Waals surface area contributed by atoms with Gasteiger partial charge in [0, 0.05) is 31.7 Å². The van der Waals surface area contributed by atoms with E-state index in [4.69, 9.17) is 9.47 Å². The van der Waals surface area contributed by atoms with Gasteiger partial charge in [0.05, 0.1) is 13.2 Å². The molecule has 1 aromatic rings. The van der Waals surface area contributed by atoms with Crippen LogP contribution < -0.4 is 10.6 Å². The lowest BCUT2D eigenvalue weighted by Crippen LogP contribution is -2.47. The van der Waals surface area contributed by atoms with Crippen molar-refractivity contribution in [2.75, 3.05) is 40.5 Å². The van der Waals surface area contributed by atoms with Crippen LogP contribution in [0, 0.1) is 5.41 Å². The molecule has 23 heavy (non-hydrogen) atoms. The largest absolute Gasteiger partial charge is 0.384 e. The number of ether oxygens (including phenoxy) is 2. The minimum Gasteiger partial charge on any atom is -0.384 e. The Morgan fingerprint density at radius 2 is 1.91 bits per heavy atom. The van der Waals surface area contributed by atoms with Gasteiger partial charge in [-0.25, -0.2) is 0 Å². The van der Waals surface area contributed by atoms with Crippen LogP contribution in [0.4, 0.5) is 0 Å². The van der Waals surface area contributed by atoms with Crippen molar-refractivity contribution in [1.82, 2.24) is 10.6 Å². The highest BCUT2D eigenvalue weighted by molar-refractivity contribution is 5.95. The summed E-state index contributed by atoms with van der Waals surface area (Å²) in [5.74, 6) is -0.0401. The molecule has 130 valence electrons. The van der Waals surface area contributed by atoms with Crippen LogP contribution in [-0.4, -0.2) is 46.4 Å². The van der Waals surface area contributed by atoms with Crippen molar-refractivity contribution in [2.24, 2.45) is 5.41 Å². The number of hydrogen-bond donors (Lipinski definition) is 2. The Morgan fingerprint density at radius 1 is 1.22 bits per heavy atom. The van der Waals surface area contributed by atoms with Crippen molar-refractivity contribution in [3.05, 3.63) is 35.4 Å². The maximum Gasteiger partial charge on any atom is 0.251 e. The normalized spacial score (nSPS) is 16.4. The molecule has 1 amide bonds. The molecule has 0 atom stereocenters. The van der Waals surface area contributed by atoms with E-state index in [2.05, 4.69) is 10.6 Å². The maximum absolute atomic E-state index is 12.5. The van der Waals surface area contributed by atoms with Crippen LogP contribution in [0.25, 0.3) is 0 Å². The minimum atomic E-state index is -0.0401. The first-order chi connectivity index (χ1) is 10.7. The quantitative estimate of drug-likeness (QED) is 0.795. The van der Waals surface area contributed by atoms with Crippen molar-refractivity contribution in [3.8, 4) is 0 Å². The highest BCUT2D eigenvalue weighted by atomic mass is 35.5. The predicted octanol–water partition coefficient (Wildman–Crippen LogP) is 2.00. The highest BCUT2D eigenvalue weighted by Gasteiger charge is 2.32. The van der Waals surface area contributed by atoms with Gasteiger partial charge in [-0.05, 0) is 37.6 Å². The van der Waals surface area contributed by atoms with Gasteiger partial charge >= 0.3 is 0 Å². The predicted molar refractivity (Wildman–Crippen MR) is 93.1 cm³/mol. The van der Waals surface area contributed by atoms with Gasteiger partial charge in [0.15, 0.2) is 0 Å². The second-order valence-corrected chi connectivity index (χ2v) is 5.96. The summed E-state index contributed by atoms with van der Waals surface area (Å²) in [6.07, 6.45) is 2.03. The number of nitrogens with one attached hydrogen (secondary N) is 2. The summed E-state index contributed by atoms with van der Waals surface area (Å²) >= 11 is 0. The Labute approximate surface area is 144 Å². The number of piperidine rings is 1. The standard InChI is InChI=1S/C17H26N2O3.ClH/c1-21-11-14-5-3-4-6-15(14)16(20)19-12-17(13-22-2)7-9-18-10-8-17;/h3-6,18H,7-13H2,1-2H3,(H,19,20);1H. The average Bonchev–Trinajstić information content (AvgIpc) is 2.55. The van der Waals surface area contributed by atoms with E-state index in [9.17, 15) is 4.79 Å². The number of rotatable bonds is 7. The van der Waals surface area contributed by atoms with Crippen molar-refractivity contribution in [1.29, 1.82) is 0 Å². The zero-order valence-electron chi connectivity index (χ0n) is 13.9. The lowest BCUT2D eigenvalue weighted by atomic mass is 9.79. The third-order valence-corrected chi connectivity index (χ3v) is 4.30. The van der Waals surface area contributed by atoms with Crippen LogP contribution in [0.15, 0.2) is 24.3 Å². The fraction of sp³-hybridized carbons (Fsp3) is 0.588. The summed E-state index contributed by atoms with van der Waals surface area (Å²) in [6, 6.07) is 7.57. The maximum atomic E-state index is 12.5. The molecule has 1 heterocycles. The average molecular weight is 343 g/mol. The monoisotopic (exact) mass is 342 g/mol. The number of benzene rings is 1. The Morgan fingerprint density at radius 3 is 2.57 bits per heavy atom. The van der Waals surface area contributed by atoms with E-state index in [-0.39, 0.29) is 23.7 Å². The molecule has 1 aliphatic heterocycles. The first-order valence-electron chi connectivity index (χ1n) is 7.75. The van der Waals surface area contributed by atoms with Gasteiger partial charge in [-0.1, -0.05) is 18.2 Å². The van der Waals surface area contributed by atoms with Crippen molar-refractivity contribution >= 4 is 18.3 Å². The molecule has 1 aliphatic rings. The summed E-state index contributed by atoms with van der Waals surface area (Å²) in [7, 11) is 3.36. The highest BCUT2D eigenvalue weighted by Crippen LogP contribution is 2.28. The first kappa shape index (κ1) is 19.9. The molecule has 0 bridgehead atoms. The summed E-state index contributed by atoms with van der Waals surface area (Å²) in [6.45, 7) is 3.70. The second kappa shape index (κ2) is 9.88. The van der Waals surface area contributed by atoms with Gasteiger partial charge in [0.1, 0.15) is 0 Å². The van der Waals surface area contributed by atoms with E-state index >= 15 is 0 Å². The van der Waals surface area contributed by atoms with Crippen LogP contribution in [0.3, 0.4) is 0 Å². The van der Waals surface area contributed by atoms with Crippen molar-refractivity contribution in [2.45, 2.75) is 19.4 Å². The Kier molecular flexibility index (Phi) is 8.55. The van der Waals surface area contributed by atoms with E-state index in [1.807, 2.05) is 24.3 Å². The van der Waals surface area contributed by atoms with Crippen LogP contribution >= 0.6 is 12.4 Å². The molecule has 6 heteroatoms. The summed E-state index contributed by atoms with van der Waals surface area (Å²) < 4.78 is 10.5. The van der Waals surface area contributed by atoms with Crippen LogP contribution in [-0.2, 0) is 16.1 Å². The molecule has 0 radical (unpaired) electrons. The molecule has 0 unspecified atom stereocenters. The molecule has 2 N–H and O–H groups in total. The van der Waals surface area contributed by atoms with Crippen molar-refractivity contribution in [3.63, 3.8) is 0 Å². The molecule has 0 saturated carbocycles. The zero-order chi connectivity index (χ0) is 15.8. The molecular weight excluding hydrogens is 316 g/mol. The molecule has 0 spiro atoms. The third-order valence-electron chi connectivity index (χ3n) is 4.30. The summed E-state index contributed by atoms with van der Waals surface area (Å²) in [4.78, 5) is 12.5. The number of carbonyl (C=O) groups is 1. The van der Waals surface area contributed by atoms with Gasteiger partial charge in [-0.2, -0.15) is 0 Å². The number of carbonyl (C=O) groups excluding carboxylic acids is 1. The number of methoxy groups -OCH3 is 2. The van der Waals surface area contributed by atoms with Gasteiger partial charge in [-0.3, -0.25) is 4.79 Å². The summed E-state index contributed by atoms with van der Waals surface area (Å²) in [5.41, 5.74) is 1.63. The summed E-state index contributed by atoms with van der Waals surface area (Å²) in [5, 5.41) is 6.45. The van der Waals surface area contributed by atoms with Crippen molar-refractivity contribution < 1.29 is 14.3 Å². The minimum absolute atomic E-state index is 0. The Hall–Kier alpha value is -1.14. The van der Waals surface area contributed by atoms with Crippen LogP contribution in [0.1, 0.15) is 28.8 Å². The van der Waals surface area contributed by atoms with Crippen LogP contribution in [0.2, 0.25) is 0 Å². The first-order valence-corrected chi connectivity index (χ1v) is 7.75. The molecule has 5 nitrogen and oxygen atoms in total. The number of amides is 1. The lowest BCUT2D eigenvalue weighted by molar-refractivity contribution is 0.0511. The lowest BCUT2D eigenvalue weighted by Gasteiger charge is -2.37. The van der Waals surface area contributed by atoms with E-state index in [1.54, 1.807) is 14.2 Å². The zero-order valence-corrected chi connectivity index (χ0v) is 14.7. The molecule has 1 saturated heterocycles. The van der Waals surface area contributed by atoms with Gasteiger partial charge < -0.3 is 20.1 Å². The fourth-order valence-electron chi connectivity index (χ4n) is 3.02. The number of halogens is 1. The van der Waals surface area contributed by atoms with Gasteiger partial charge in [0.25, 0.3) is 5.91 Å². The van der Waals surface area contributed by atoms with Crippen LogP contribution in [0.5, 0.6) is 0 Å². The number of hydrogen-bond acceptors (Lipinski definition) is 4. The smallest absolute Gasteiger partial charge is 0.251 e. The molecule has 1 aromatic carbocycles. The Balaban J connectivity index is 0.00000264.